The van der Waals surface area contributed by atoms with Gasteiger partial charge in [-0.15, -0.1) is 0 Å². The largest absolute Gasteiger partial charge is 0.294 e. The van der Waals surface area contributed by atoms with E-state index in [-0.39, 0.29) is 33.3 Å². The lowest BCUT2D eigenvalue weighted by atomic mass is 9.83. The molecule has 1 aromatic carbocycles. The number of rotatable bonds is 2. The third kappa shape index (κ3) is 2.53. The van der Waals surface area contributed by atoms with Gasteiger partial charge in [-0.1, -0.05) is 12.5 Å². The Morgan fingerprint density at radius 3 is 2.57 bits per heavy atom. The van der Waals surface area contributed by atoms with Crippen LogP contribution in [0.5, 0.6) is 0 Å². The number of ketones is 1. The molecule has 2 aliphatic heterocycles. The predicted octanol–water partition coefficient (Wildman–Crippen LogP) is 2.96. The Balaban J connectivity index is 1.89. The van der Waals surface area contributed by atoms with Gasteiger partial charge in [0.2, 0.25) is 0 Å². The van der Waals surface area contributed by atoms with E-state index in [1.807, 2.05) is 0 Å². The van der Waals surface area contributed by atoms with E-state index in [9.17, 15) is 13.4 Å². The Morgan fingerprint density at radius 1 is 1.29 bits per heavy atom. The number of hydrogen-bond acceptors (Lipinski definition) is 3. The van der Waals surface area contributed by atoms with Crippen LogP contribution >= 0.6 is 0 Å². The van der Waals surface area contributed by atoms with Crippen LogP contribution in [0.1, 0.15) is 48.0 Å². The van der Waals surface area contributed by atoms with Crippen molar-refractivity contribution in [1.82, 2.24) is 0 Å². The molecule has 2 saturated heterocycles. The van der Waals surface area contributed by atoms with E-state index in [2.05, 4.69) is 0 Å². The van der Waals surface area contributed by atoms with Crippen LogP contribution in [0.25, 0.3) is 0 Å². The van der Waals surface area contributed by atoms with Crippen LogP contribution in [-0.2, 0) is 10.8 Å². The minimum absolute atomic E-state index is 0.0885. The molecule has 21 heavy (non-hydrogen) atoms. The van der Waals surface area contributed by atoms with Gasteiger partial charge in [0, 0.05) is 32.8 Å². The molecule has 2 atom stereocenters. The zero-order valence-corrected chi connectivity index (χ0v) is 12.4. The second-order valence-electron chi connectivity index (χ2n) is 5.81. The van der Waals surface area contributed by atoms with E-state index >= 15 is 0 Å². The monoisotopic (exact) mass is 305 g/mol. The maximum atomic E-state index is 13.6. The molecule has 0 radical (unpaired) electrons. The molecule has 0 amide bonds. The van der Waals surface area contributed by atoms with Crippen molar-refractivity contribution in [3.63, 3.8) is 0 Å². The van der Waals surface area contributed by atoms with Crippen molar-refractivity contribution in [3.8, 4) is 6.07 Å². The van der Waals surface area contributed by atoms with Crippen molar-refractivity contribution in [1.29, 1.82) is 5.26 Å². The molecule has 2 fully saturated rings. The van der Waals surface area contributed by atoms with Crippen LogP contribution < -0.4 is 0 Å². The molecular weight excluding hydrogens is 289 g/mol. The minimum atomic E-state index is -0.832. The number of fused-ring (bicyclic) bond motifs is 2. The molecule has 3 rings (SSSR count). The molecule has 110 valence electrons. The molecule has 2 bridgehead atoms. The highest BCUT2D eigenvalue weighted by atomic mass is 32.2. The van der Waals surface area contributed by atoms with E-state index in [4.69, 9.17) is 5.26 Å². The lowest BCUT2D eigenvalue weighted by molar-refractivity contribution is 0.0894. The van der Waals surface area contributed by atoms with Crippen molar-refractivity contribution >= 4 is 16.6 Å². The maximum Gasteiger partial charge on any atom is 0.167 e. The number of nitriles is 1. The van der Waals surface area contributed by atoms with E-state index in [0.29, 0.717) is 12.8 Å². The van der Waals surface area contributed by atoms with E-state index in [1.165, 1.54) is 18.2 Å². The fourth-order valence-electron chi connectivity index (χ4n) is 3.51. The predicted molar refractivity (Wildman–Crippen MR) is 77.7 cm³/mol. The lowest BCUT2D eigenvalue weighted by Crippen LogP contribution is -2.41. The summed E-state index contributed by atoms with van der Waals surface area (Å²) >= 11 is 0. The summed E-state index contributed by atoms with van der Waals surface area (Å²) in [4.78, 5) is 12.7. The third-order valence-electron chi connectivity index (χ3n) is 4.57. The lowest BCUT2D eigenvalue weighted by Gasteiger charge is -2.37. The van der Waals surface area contributed by atoms with Gasteiger partial charge in [0.1, 0.15) is 11.9 Å². The zero-order chi connectivity index (χ0) is 15.0. The average molecular weight is 305 g/mol. The molecule has 0 aromatic heterocycles. The summed E-state index contributed by atoms with van der Waals surface area (Å²) in [5.41, 5.74) is 0.00705. The van der Waals surface area contributed by atoms with Crippen molar-refractivity contribution < 1.29 is 13.4 Å². The number of halogens is 1. The zero-order valence-electron chi connectivity index (χ0n) is 11.5. The molecule has 2 unspecified atom stereocenters. The van der Waals surface area contributed by atoms with Gasteiger partial charge in [-0.2, -0.15) is 5.26 Å². The van der Waals surface area contributed by atoms with Crippen LogP contribution in [0, 0.1) is 23.1 Å². The first kappa shape index (κ1) is 14.4. The molecular formula is C16H16FNO2S. The smallest absolute Gasteiger partial charge is 0.167 e. The molecule has 5 heteroatoms. The Hall–Kier alpha value is -1.54. The number of carbonyl (C=O) groups excluding carboxylic acids is 1. The van der Waals surface area contributed by atoms with E-state index < -0.39 is 16.6 Å². The van der Waals surface area contributed by atoms with Gasteiger partial charge in [0.05, 0.1) is 5.56 Å². The molecule has 0 spiro atoms. The standard InChI is InChI=1S/C16H16FNO2S/c17-15-6-2-5-13(14(15)9-18)16(19)10-7-11-3-1-4-12(8-10)21(11)20/h2,5-6,10-12H,1,3-4,7-8H2. The van der Waals surface area contributed by atoms with Gasteiger partial charge in [0.15, 0.2) is 5.78 Å². The first-order valence-corrected chi connectivity index (χ1v) is 8.51. The molecule has 0 aliphatic carbocycles. The summed E-state index contributed by atoms with van der Waals surface area (Å²) in [5, 5.41) is 9.24. The average Bonchev–Trinajstić information content (AvgIpc) is 2.46. The molecule has 3 nitrogen and oxygen atoms in total. The topological polar surface area (TPSA) is 57.9 Å². The quantitative estimate of drug-likeness (QED) is 0.789. The number of nitrogens with zero attached hydrogens (tertiary/aromatic N) is 1. The number of benzene rings is 1. The van der Waals surface area contributed by atoms with E-state index in [1.54, 1.807) is 6.07 Å². The summed E-state index contributed by atoms with van der Waals surface area (Å²) < 4.78 is 25.8. The van der Waals surface area contributed by atoms with Crippen molar-refractivity contribution in [2.45, 2.75) is 42.6 Å². The first-order valence-electron chi connectivity index (χ1n) is 7.24. The van der Waals surface area contributed by atoms with Gasteiger partial charge >= 0.3 is 0 Å². The van der Waals surface area contributed by atoms with Crippen LogP contribution in [0.2, 0.25) is 0 Å². The van der Waals surface area contributed by atoms with Crippen LogP contribution in [0.15, 0.2) is 18.2 Å². The molecule has 1 aromatic rings. The fourth-order valence-corrected chi connectivity index (χ4v) is 5.70. The third-order valence-corrected chi connectivity index (χ3v) is 6.74. The second kappa shape index (κ2) is 5.69. The van der Waals surface area contributed by atoms with Crippen LogP contribution in [0.3, 0.4) is 0 Å². The van der Waals surface area contributed by atoms with Crippen molar-refractivity contribution in [2.24, 2.45) is 5.92 Å². The molecule has 2 heterocycles. The number of Topliss-reactive ketones (excluding diaryl/α,β-unsaturated/α-hetero) is 1. The first-order chi connectivity index (χ1) is 10.1. The highest BCUT2D eigenvalue weighted by molar-refractivity contribution is 7.86. The van der Waals surface area contributed by atoms with Gasteiger partial charge in [0.25, 0.3) is 0 Å². The summed E-state index contributed by atoms with van der Waals surface area (Å²) in [6.07, 6.45) is 4.08. The summed E-state index contributed by atoms with van der Waals surface area (Å²) in [6.45, 7) is 0. The van der Waals surface area contributed by atoms with Crippen molar-refractivity contribution in [2.75, 3.05) is 0 Å². The Labute approximate surface area is 125 Å². The van der Waals surface area contributed by atoms with Crippen LogP contribution in [0.4, 0.5) is 4.39 Å². The van der Waals surface area contributed by atoms with Gasteiger partial charge in [-0.3, -0.25) is 9.00 Å². The highest BCUT2D eigenvalue weighted by Crippen LogP contribution is 2.38. The van der Waals surface area contributed by atoms with Crippen LogP contribution in [-0.4, -0.2) is 20.5 Å². The summed E-state index contributed by atoms with van der Waals surface area (Å²) in [5.74, 6) is -1.05. The SMILES string of the molecule is N#Cc1c(F)cccc1C(=O)C1CC2CCCC(C1)S2=O. The fraction of sp³-hybridized carbons (Fsp3) is 0.500. The van der Waals surface area contributed by atoms with Gasteiger partial charge < -0.3 is 0 Å². The number of carbonyl (C=O) groups is 1. The Bertz CT molecular complexity index is 636. The normalized spacial score (nSPS) is 31.4. The molecule has 0 N–H and O–H groups in total. The van der Waals surface area contributed by atoms with Gasteiger partial charge in [-0.05, 0) is 37.8 Å². The number of hydrogen-bond donors (Lipinski definition) is 0. The second-order valence-corrected chi connectivity index (χ2v) is 7.80. The van der Waals surface area contributed by atoms with Gasteiger partial charge in [-0.25, -0.2) is 4.39 Å². The summed E-state index contributed by atoms with van der Waals surface area (Å²) in [7, 11) is -0.832. The Kier molecular flexibility index (Phi) is 3.90. The van der Waals surface area contributed by atoms with E-state index in [0.717, 1.165) is 19.3 Å². The highest BCUT2D eigenvalue weighted by Gasteiger charge is 2.41. The summed E-state index contributed by atoms with van der Waals surface area (Å²) in [6, 6.07) is 5.96. The maximum absolute atomic E-state index is 13.6. The van der Waals surface area contributed by atoms with Crippen molar-refractivity contribution in [3.05, 3.63) is 35.1 Å². The molecule has 0 saturated carbocycles. The Morgan fingerprint density at radius 2 is 1.95 bits per heavy atom. The molecule has 2 aliphatic rings. The minimum Gasteiger partial charge on any atom is -0.294 e.